The summed E-state index contributed by atoms with van der Waals surface area (Å²) < 4.78 is 30.8. The lowest BCUT2D eigenvalue weighted by atomic mass is 10.2. The van der Waals surface area contributed by atoms with E-state index in [1.165, 1.54) is 0 Å². The minimum absolute atomic E-state index is 0.0269. The predicted molar refractivity (Wildman–Crippen MR) is 121 cm³/mol. The number of hydrogen-bond acceptors (Lipinski definition) is 6. The van der Waals surface area contributed by atoms with Crippen molar-refractivity contribution in [2.24, 2.45) is 0 Å². The molecule has 0 radical (unpaired) electrons. The summed E-state index contributed by atoms with van der Waals surface area (Å²) in [7, 11) is -3.12. The first-order valence-corrected chi connectivity index (χ1v) is 12.8. The summed E-state index contributed by atoms with van der Waals surface area (Å²) in [4.78, 5) is 27.2. The minimum Gasteiger partial charge on any atom is -0.452 e. The molecule has 1 aliphatic heterocycles. The molecule has 2 heterocycles. The smallest absolute Gasteiger partial charge is 0.342 e. The molecule has 0 bridgehead atoms. The lowest BCUT2D eigenvalue weighted by molar-refractivity contribution is -0.136. The monoisotopic (exact) mass is 461 g/mol. The van der Waals surface area contributed by atoms with Crippen LogP contribution in [-0.4, -0.2) is 65.7 Å². The van der Waals surface area contributed by atoms with Crippen molar-refractivity contribution < 1.29 is 22.7 Å². The first-order valence-electron chi connectivity index (χ1n) is 11.0. The Bertz CT molecular complexity index is 1060. The number of sulfone groups is 1. The van der Waals surface area contributed by atoms with Gasteiger partial charge in [0, 0.05) is 12.6 Å². The lowest BCUT2D eigenvalue weighted by Gasteiger charge is -2.28. The van der Waals surface area contributed by atoms with Crippen molar-refractivity contribution in [1.29, 1.82) is 0 Å². The molecule has 32 heavy (non-hydrogen) atoms. The molecule has 1 fully saturated rings. The molecule has 1 aliphatic rings. The number of nitrogens with zero attached hydrogens (tertiary/aromatic N) is 3. The number of aryl methyl sites for hydroxylation is 1. The lowest BCUT2D eigenvalue weighted by Crippen LogP contribution is -2.43. The van der Waals surface area contributed by atoms with Gasteiger partial charge in [-0.25, -0.2) is 13.2 Å². The highest BCUT2D eigenvalue weighted by Crippen LogP contribution is 2.20. The summed E-state index contributed by atoms with van der Waals surface area (Å²) in [5.41, 5.74) is 2.64. The average Bonchev–Trinajstić information content (AvgIpc) is 3.25. The third-order valence-electron chi connectivity index (χ3n) is 5.81. The van der Waals surface area contributed by atoms with E-state index >= 15 is 0 Å². The summed E-state index contributed by atoms with van der Waals surface area (Å²) >= 11 is 0. The van der Waals surface area contributed by atoms with Gasteiger partial charge in [0.05, 0.1) is 29.4 Å². The Morgan fingerprint density at radius 1 is 1.22 bits per heavy atom. The molecule has 9 heteroatoms. The molecule has 0 N–H and O–H groups in total. The van der Waals surface area contributed by atoms with Crippen molar-refractivity contribution >= 4 is 21.7 Å². The van der Waals surface area contributed by atoms with Crippen LogP contribution in [0.2, 0.25) is 0 Å². The fraction of sp³-hybridized carbons (Fsp3) is 0.522. The highest BCUT2D eigenvalue weighted by Gasteiger charge is 2.34. The van der Waals surface area contributed by atoms with Gasteiger partial charge in [-0.1, -0.05) is 43.7 Å². The second-order valence-electron chi connectivity index (χ2n) is 8.26. The zero-order chi connectivity index (χ0) is 23.3. The van der Waals surface area contributed by atoms with Crippen molar-refractivity contribution in [3.8, 4) is 0 Å². The number of aromatic nitrogens is 2. The van der Waals surface area contributed by atoms with Crippen LogP contribution in [0.3, 0.4) is 0 Å². The van der Waals surface area contributed by atoms with Gasteiger partial charge in [0.2, 0.25) is 0 Å². The van der Waals surface area contributed by atoms with E-state index in [4.69, 9.17) is 4.74 Å². The molecule has 0 saturated carbocycles. The van der Waals surface area contributed by atoms with Gasteiger partial charge in [0.15, 0.2) is 16.4 Å². The van der Waals surface area contributed by atoms with Crippen molar-refractivity contribution in [2.75, 3.05) is 24.7 Å². The Balaban J connectivity index is 1.66. The number of ether oxygens (including phenoxy) is 1. The SMILES string of the molecule is CCCCN(C(=O)COC(=O)c1c(C)nn(Cc2ccccc2)c1C)C1CCS(=O)(=O)C1. The van der Waals surface area contributed by atoms with E-state index in [1.807, 2.05) is 37.3 Å². The maximum atomic E-state index is 12.8. The Kier molecular flexibility index (Phi) is 7.71. The van der Waals surface area contributed by atoms with Gasteiger partial charge in [0.25, 0.3) is 5.91 Å². The zero-order valence-electron chi connectivity index (χ0n) is 18.9. The highest BCUT2D eigenvalue weighted by atomic mass is 32.2. The highest BCUT2D eigenvalue weighted by molar-refractivity contribution is 7.91. The first-order chi connectivity index (χ1) is 15.2. The van der Waals surface area contributed by atoms with Crippen LogP contribution in [-0.2, 0) is 25.9 Å². The van der Waals surface area contributed by atoms with Crippen LogP contribution < -0.4 is 0 Å². The van der Waals surface area contributed by atoms with E-state index < -0.39 is 22.4 Å². The Labute approximate surface area is 189 Å². The third-order valence-corrected chi connectivity index (χ3v) is 7.56. The second kappa shape index (κ2) is 10.3. The number of amides is 1. The number of esters is 1. The molecular weight excluding hydrogens is 430 g/mol. The molecule has 1 unspecified atom stereocenters. The summed E-state index contributed by atoms with van der Waals surface area (Å²) in [6.07, 6.45) is 2.07. The fourth-order valence-electron chi connectivity index (χ4n) is 4.05. The number of rotatable bonds is 9. The van der Waals surface area contributed by atoms with E-state index in [2.05, 4.69) is 5.10 Å². The molecule has 0 spiro atoms. The molecule has 1 saturated heterocycles. The number of hydrogen-bond donors (Lipinski definition) is 0. The zero-order valence-corrected chi connectivity index (χ0v) is 19.7. The van der Waals surface area contributed by atoms with Crippen LogP contribution in [0.25, 0.3) is 0 Å². The van der Waals surface area contributed by atoms with Crippen LogP contribution in [0.1, 0.15) is 53.5 Å². The topological polar surface area (TPSA) is 98.6 Å². The molecule has 1 aromatic heterocycles. The molecule has 1 atom stereocenters. The van der Waals surface area contributed by atoms with Crippen molar-refractivity contribution in [3.63, 3.8) is 0 Å². The number of benzene rings is 1. The maximum Gasteiger partial charge on any atom is 0.342 e. The van der Waals surface area contributed by atoms with Gasteiger partial charge >= 0.3 is 5.97 Å². The molecule has 3 rings (SSSR count). The Hall–Kier alpha value is -2.68. The minimum atomic E-state index is -3.12. The fourth-order valence-corrected chi connectivity index (χ4v) is 5.78. The van der Waals surface area contributed by atoms with Crippen LogP contribution >= 0.6 is 0 Å². The normalized spacial score (nSPS) is 17.3. The van der Waals surface area contributed by atoms with Gasteiger partial charge in [-0.2, -0.15) is 5.10 Å². The molecule has 8 nitrogen and oxygen atoms in total. The van der Waals surface area contributed by atoms with Crippen molar-refractivity contribution in [1.82, 2.24) is 14.7 Å². The van der Waals surface area contributed by atoms with Gasteiger partial charge in [-0.3, -0.25) is 9.48 Å². The quantitative estimate of drug-likeness (QED) is 0.532. The van der Waals surface area contributed by atoms with Gasteiger partial charge in [0.1, 0.15) is 5.56 Å². The molecule has 174 valence electrons. The Morgan fingerprint density at radius 2 is 1.94 bits per heavy atom. The Morgan fingerprint density at radius 3 is 2.56 bits per heavy atom. The van der Waals surface area contributed by atoms with E-state index in [0.717, 1.165) is 18.4 Å². The van der Waals surface area contributed by atoms with Crippen molar-refractivity contribution in [2.45, 2.75) is 52.6 Å². The maximum absolute atomic E-state index is 12.8. The van der Waals surface area contributed by atoms with Crippen LogP contribution in [0.15, 0.2) is 30.3 Å². The third kappa shape index (κ3) is 5.76. The molecule has 0 aliphatic carbocycles. The molecular formula is C23H31N3O5S. The standard InChI is InChI=1S/C23H31N3O5S/c1-4-5-12-25(20-11-13-32(29,30)16-20)21(27)15-31-23(28)22-17(2)24-26(18(22)3)14-19-9-7-6-8-10-19/h6-10,20H,4-5,11-16H2,1-3H3. The first kappa shape index (κ1) is 24.0. The largest absolute Gasteiger partial charge is 0.452 e. The average molecular weight is 462 g/mol. The van der Waals surface area contributed by atoms with Crippen molar-refractivity contribution in [3.05, 3.63) is 52.8 Å². The number of unbranched alkanes of at least 4 members (excludes halogenated alkanes) is 1. The summed E-state index contributed by atoms with van der Waals surface area (Å²) in [5, 5.41) is 4.46. The van der Waals surface area contributed by atoms with Crippen LogP contribution in [0.5, 0.6) is 0 Å². The molecule has 2 aromatic rings. The number of carbonyl (C=O) groups is 2. The van der Waals surface area contributed by atoms with E-state index in [9.17, 15) is 18.0 Å². The van der Waals surface area contributed by atoms with E-state index in [1.54, 1.807) is 23.4 Å². The van der Waals surface area contributed by atoms with Crippen LogP contribution in [0.4, 0.5) is 0 Å². The van der Waals surface area contributed by atoms with Crippen LogP contribution in [0, 0.1) is 13.8 Å². The van der Waals surface area contributed by atoms with E-state index in [-0.39, 0.29) is 23.5 Å². The summed E-state index contributed by atoms with van der Waals surface area (Å²) in [6.45, 7) is 6.12. The van der Waals surface area contributed by atoms with Gasteiger partial charge < -0.3 is 9.64 Å². The second-order valence-corrected chi connectivity index (χ2v) is 10.5. The molecule has 1 aromatic carbocycles. The molecule has 1 amide bonds. The van der Waals surface area contributed by atoms with Gasteiger partial charge in [-0.05, 0) is 32.3 Å². The summed E-state index contributed by atoms with van der Waals surface area (Å²) in [6, 6.07) is 9.45. The summed E-state index contributed by atoms with van der Waals surface area (Å²) in [5.74, 6) is -0.893. The van der Waals surface area contributed by atoms with E-state index in [0.29, 0.717) is 36.5 Å². The van der Waals surface area contributed by atoms with Gasteiger partial charge in [-0.15, -0.1) is 0 Å². The predicted octanol–water partition coefficient (Wildman–Crippen LogP) is 2.52. The number of carbonyl (C=O) groups excluding carboxylic acids is 2.